The summed E-state index contributed by atoms with van der Waals surface area (Å²) < 4.78 is 16.4. The average molecular weight is 329 g/mol. The van der Waals surface area contributed by atoms with Crippen LogP contribution in [0.25, 0.3) is 0 Å². The van der Waals surface area contributed by atoms with Gasteiger partial charge in [0.15, 0.2) is 18.1 Å². The summed E-state index contributed by atoms with van der Waals surface area (Å²) in [6, 6.07) is 14.5. The van der Waals surface area contributed by atoms with Gasteiger partial charge in [-0.05, 0) is 49.7 Å². The van der Waals surface area contributed by atoms with Gasteiger partial charge < -0.3 is 19.5 Å². The summed E-state index contributed by atoms with van der Waals surface area (Å²) >= 11 is 0. The highest BCUT2D eigenvalue weighted by Crippen LogP contribution is 2.25. The summed E-state index contributed by atoms with van der Waals surface area (Å²) in [4.78, 5) is 12.0. The minimum absolute atomic E-state index is 0.0918. The molecule has 2 aromatic rings. The van der Waals surface area contributed by atoms with Crippen molar-refractivity contribution in [3.63, 3.8) is 0 Å². The third-order valence-electron chi connectivity index (χ3n) is 3.48. The molecular formula is C19H23NO4. The van der Waals surface area contributed by atoms with E-state index in [1.54, 1.807) is 31.4 Å². The van der Waals surface area contributed by atoms with E-state index in [0.29, 0.717) is 17.2 Å². The summed E-state index contributed by atoms with van der Waals surface area (Å²) in [6.45, 7) is 4.00. The fraction of sp³-hybridized carbons (Fsp3) is 0.316. The number of carbonyl (C=O) groups is 1. The number of para-hydroxylation sites is 2. The predicted molar refractivity (Wildman–Crippen MR) is 93.9 cm³/mol. The van der Waals surface area contributed by atoms with E-state index in [1.807, 2.05) is 31.2 Å². The molecule has 1 amide bonds. The maximum absolute atomic E-state index is 12.0. The molecule has 0 radical (unpaired) electrons. The highest BCUT2D eigenvalue weighted by Gasteiger charge is 2.08. The van der Waals surface area contributed by atoms with Crippen LogP contribution >= 0.6 is 0 Å². The number of benzene rings is 2. The molecule has 0 aliphatic carbocycles. The molecule has 0 fully saturated rings. The Bertz CT molecular complexity index is 655. The zero-order chi connectivity index (χ0) is 17.4. The van der Waals surface area contributed by atoms with Crippen LogP contribution in [-0.4, -0.2) is 25.7 Å². The van der Waals surface area contributed by atoms with Crippen LogP contribution in [0.4, 0.5) is 5.69 Å². The van der Waals surface area contributed by atoms with E-state index < -0.39 is 0 Å². The molecule has 24 heavy (non-hydrogen) atoms. The van der Waals surface area contributed by atoms with E-state index in [-0.39, 0.29) is 18.6 Å². The molecule has 5 nitrogen and oxygen atoms in total. The Morgan fingerprint density at radius 3 is 2.38 bits per heavy atom. The molecule has 1 atom stereocenters. The number of hydrogen-bond acceptors (Lipinski definition) is 4. The van der Waals surface area contributed by atoms with Gasteiger partial charge in [-0.2, -0.15) is 0 Å². The summed E-state index contributed by atoms with van der Waals surface area (Å²) in [6.07, 6.45) is 1.11. The van der Waals surface area contributed by atoms with E-state index >= 15 is 0 Å². The molecule has 0 aliphatic heterocycles. The van der Waals surface area contributed by atoms with Gasteiger partial charge in [0.1, 0.15) is 5.75 Å². The molecule has 0 saturated carbocycles. The fourth-order valence-electron chi connectivity index (χ4n) is 2.01. The number of carbonyl (C=O) groups excluding carboxylic acids is 1. The van der Waals surface area contributed by atoms with E-state index in [0.717, 1.165) is 12.2 Å². The van der Waals surface area contributed by atoms with Crippen LogP contribution in [0, 0.1) is 0 Å². The molecule has 0 aromatic heterocycles. The number of ether oxygens (including phenoxy) is 3. The normalized spacial score (nSPS) is 11.5. The second kappa shape index (κ2) is 8.82. The molecule has 5 heteroatoms. The van der Waals surface area contributed by atoms with Crippen molar-refractivity contribution < 1.29 is 19.0 Å². The van der Waals surface area contributed by atoms with Gasteiger partial charge in [-0.25, -0.2) is 0 Å². The highest BCUT2D eigenvalue weighted by atomic mass is 16.5. The second-order valence-electron chi connectivity index (χ2n) is 5.35. The largest absolute Gasteiger partial charge is 0.493 e. The number of hydrogen-bond donors (Lipinski definition) is 1. The van der Waals surface area contributed by atoms with Crippen molar-refractivity contribution in [2.24, 2.45) is 0 Å². The third-order valence-corrected chi connectivity index (χ3v) is 3.48. The lowest BCUT2D eigenvalue weighted by atomic mass is 10.3. The zero-order valence-corrected chi connectivity index (χ0v) is 14.2. The van der Waals surface area contributed by atoms with Crippen LogP contribution in [0.1, 0.15) is 20.3 Å². The second-order valence-corrected chi connectivity index (χ2v) is 5.35. The molecule has 0 bridgehead atoms. The first kappa shape index (κ1) is 17.7. The number of nitrogens with one attached hydrogen (secondary N) is 1. The van der Waals surface area contributed by atoms with Crippen LogP contribution in [0.5, 0.6) is 17.2 Å². The fourth-order valence-corrected chi connectivity index (χ4v) is 2.01. The lowest BCUT2D eigenvalue weighted by Gasteiger charge is -2.13. The van der Waals surface area contributed by atoms with Crippen molar-refractivity contribution in [3.8, 4) is 17.2 Å². The number of amides is 1. The standard InChI is InChI=1S/C19H23NO4/c1-4-14(2)24-16-11-9-15(10-12-16)20-19(21)13-23-18-8-6-5-7-17(18)22-3/h5-12,14H,4,13H2,1-3H3,(H,20,21). The predicted octanol–water partition coefficient (Wildman–Crippen LogP) is 3.89. The van der Waals surface area contributed by atoms with Gasteiger partial charge >= 0.3 is 0 Å². The van der Waals surface area contributed by atoms with E-state index in [1.165, 1.54) is 0 Å². The Labute approximate surface area is 142 Å². The van der Waals surface area contributed by atoms with Crippen molar-refractivity contribution in [1.29, 1.82) is 0 Å². The first-order valence-electron chi connectivity index (χ1n) is 7.94. The molecule has 2 aromatic carbocycles. The maximum atomic E-state index is 12.0. The lowest BCUT2D eigenvalue weighted by molar-refractivity contribution is -0.118. The van der Waals surface area contributed by atoms with Gasteiger partial charge in [0, 0.05) is 5.69 Å². The van der Waals surface area contributed by atoms with E-state index in [9.17, 15) is 4.79 Å². The monoisotopic (exact) mass is 329 g/mol. The van der Waals surface area contributed by atoms with Crippen molar-refractivity contribution in [3.05, 3.63) is 48.5 Å². The van der Waals surface area contributed by atoms with Gasteiger partial charge in [-0.15, -0.1) is 0 Å². The number of rotatable bonds is 8. The van der Waals surface area contributed by atoms with Crippen molar-refractivity contribution >= 4 is 11.6 Å². The highest BCUT2D eigenvalue weighted by molar-refractivity contribution is 5.91. The third kappa shape index (κ3) is 5.19. The molecular weight excluding hydrogens is 306 g/mol. The van der Waals surface area contributed by atoms with Crippen molar-refractivity contribution in [2.75, 3.05) is 19.0 Å². The van der Waals surface area contributed by atoms with Gasteiger partial charge in [0.25, 0.3) is 5.91 Å². The van der Waals surface area contributed by atoms with E-state index in [4.69, 9.17) is 14.2 Å². The van der Waals surface area contributed by atoms with Crippen molar-refractivity contribution in [1.82, 2.24) is 0 Å². The average Bonchev–Trinajstić information content (AvgIpc) is 2.61. The van der Waals surface area contributed by atoms with Gasteiger partial charge in [0.05, 0.1) is 13.2 Å². The topological polar surface area (TPSA) is 56.8 Å². The molecule has 0 spiro atoms. The Morgan fingerprint density at radius 1 is 1.08 bits per heavy atom. The van der Waals surface area contributed by atoms with Crippen LogP contribution in [-0.2, 0) is 4.79 Å². The molecule has 0 aliphatic rings. The quantitative estimate of drug-likeness (QED) is 0.798. The van der Waals surface area contributed by atoms with Gasteiger partial charge in [0.2, 0.25) is 0 Å². The first-order chi connectivity index (χ1) is 11.6. The van der Waals surface area contributed by atoms with Crippen LogP contribution in [0.15, 0.2) is 48.5 Å². The zero-order valence-electron chi connectivity index (χ0n) is 14.2. The molecule has 1 unspecified atom stereocenters. The Kier molecular flexibility index (Phi) is 6.49. The van der Waals surface area contributed by atoms with E-state index in [2.05, 4.69) is 12.2 Å². The number of anilines is 1. The Hall–Kier alpha value is -2.69. The minimum atomic E-state index is -0.239. The Balaban J connectivity index is 1.86. The van der Waals surface area contributed by atoms with Crippen molar-refractivity contribution in [2.45, 2.75) is 26.4 Å². The Morgan fingerprint density at radius 2 is 1.75 bits per heavy atom. The maximum Gasteiger partial charge on any atom is 0.262 e. The summed E-state index contributed by atoms with van der Waals surface area (Å²) in [5, 5.41) is 2.78. The number of methoxy groups -OCH3 is 1. The molecule has 1 N–H and O–H groups in total. The van der Waals surface area contributed by atoms with Crippen LogP contribution in [0.3, 0.4) is 0 Å². The smallest absolute Gasteiger partial charge is 0.262 e. The first-order valence-corrected chi connectivity index (χ1v) is 7.94. The van der Waals surface area contributed by atoms with Crippen LogP contribution < -0.4 is 19.5 Å². The van der Waals surface area contributed by atoms with Crippen LogP contribution in [0.2, 0.25) is 0 Å². The summed E-state index contributed by atoms with van der Waals surface area (Å²) in [5.41, 5.74) is 0.695. The molecule has 0 saturated heterocycles. The molecule has 128 valence electrons. The lowest BCUT2D eigenvalue weighted by Crippen LogP contribution is -2.20. The van der Waals surface area contributed by atoms with Gasteiger partial charge in [-0.1, -0.05) is 19.1 Å². The summed E-state index contributed by atoms with van der Waals surface area (Å²) in [7, 11) is 1.56. The SMILES string of the molecule is CCC(C)Oc1ccc(NC(=O)COc2ccccc2OC)cc1. The molecule has 2 rings (SSSR count). The van der Waals surface area contributed by atoms with Gasteiger partial charge in [-0.3, -0.25) is 4.79 Å². The minimum Gasteiger partial charge on any atom is -0.493 e. The summed E-state index contributed by atoms with van der Waals surface area (Å²) in [5.74, 6) is 1.67. The molecule has 0 heterocycles.